The summed E-state index contributed by atoms with van der Waals surface area (Å²) in [7, 11) is 0. The highest BCUT2D eigenvalue weighted by molar-refractivity contribution is 7.21. The van der Waals surface area contributed by atoms with Crippen LogP contribution in [0, 0.1) is 0 Å². The summed E-state index contributed by atoms with van der Waals surface area (Å²) in [6.45, 7) is 0.493. The van der Waals surface area contributed by atoms with Crippen LogP contribution in [0.3, 0.4) is 0 Å². The predicted octanol–water partition coefficient (Wildman–Crippen LogP) is 1.49. The fourth-order valence-corrected chi connectivity index (χ4v) is 4.96. The van der Waals surface area contributed by atoms with E-state index in [2.05, 4.69) is 16.0 Å². The third kappa shape index (κ3) is 3.20. The number of hydrogen-bond acceptors (Lipinski definition) is 5. The Kier molecular flexibility index (Phi) is 4.72. The maximum absolute atomic E-state index is 12.4. The quantitative estimate of drug-likeness (QED) is 0.654. The second-order valence-electron chi connectivity index (χ2n) is 6.80. The van der Waals surface area contributed by atoms with Gasteiger partial charge in [-0.3, -0.25) is 19.7 Å². The lowest BCUT2D eigenvalue weighted by Crippen LogP contribution is -2.56. The van der Waals surface area contributed by atoms with Crippen LogP contribution in [0.15, 0.2) is 24.3 Å². The van der Waals surface area contributed by atoms with E-state index in [0.29, 0.717) is 35.8 Å². The number of nitrogens with zero attached hydrogens (tertiary/aromatic N) is 1. The van der Waals surface area contributed by atoms with Crippen molar-refractivity contribution in [2.24, 2.45) is 0 Å². The first kappa shape index (κ1) is 18.7. The van der Waals surface area contributed by atoms with Crippen molar-refractivity contribution >= 4 is 56.8 Å². The summed E-state index contributed by atoms with van der Waals surface area (Å²) in [4.78, 5) is 50.2. The summed E-state index contributed by atoms with van der Waals surface area (Å²) in [5, 5.41) is 8.70. The maximum atomic E-state index is 12.4. The normalized spacial score (nSPS) is 18.2. The van der Waals surface area contributed by atoms with E-state index in [4.69, 9.17) is 11.6 Å². The van der Waals surface area contributed by atoms with E-state index in [9.17, 15) is 19.2 Å². The van der Waals surface area contributed by atoms with Crippen molar-refractivity contribution in [3.05, 3.63) is 34.2 Å². The number of carbonyl (C=O) groups is 4. The van der Waals surface area contributed by atoms with E-state index >= 15 is 0 Å². The third-order valence-electron chi connectivity index (χ3n) is 5.13. The summed E-state index contributed by atoms with van der Waals surface area (Å²) >= 11 is 7.57. The molecule has 2 aromatic rings. The Bertz CT molecular complexity index is 997. The molecular formula is C18H17ClN4O4S. The molecule has 3 heterocycles. The molecule has 1 spiro atoms. The number of rotatable bonds is 3. The van der Waals surface area contributed by atoms with Crippen LogP contribution in [0.4, 0.5) is 4.79 Å². The minimum atomic E-state index is -0.929. The van der Waals surface area contributed by atoms with E-state index in [-0.39, 0.29) is 18.4 Å². The standard InChI is InChI=1S/C18H17ClN4O4S/c19-13-10-3-1-2-4-11(10)28-14(13)15(25)20-9-12(24)23-7-5-18(6-8-23)16(26)21-17(27)22-18/h1-4H,5-9H2,(H,20,25)(H2,21,22,26,27). The van der Waals surface area contributed by atoms with E-state index in [1.807, 2.05) is 24.3 Å². The minimum absolute atomic E-state index is 0.158. The summed E-state index contributed by atoms with van der Waals surface area (Å²) in [6.07, 6.45) is 0.679. The zero-order valence-corrected chi connectivity index (χ0v) is 16.3. The van der Waals surface area contributed by atoms with Gasteiger partial charge in [0.15, 0.2) is 0 Å². The second kappa shape index (κ2) is 7.06. The van der Waals surface area contributed by atoms with Gasteiger partial charge in [-0.05, 0) is 18.9 Å². The number of likely N-dealkylation sites (tertiary alicyclic amines) is 1. The zero-order chi connectivity index (χ0) is 19.9. The van der Waals surface area contributed by atoms with Crippen molar-refractivity contribution in [2.45, 2.75) is 18.4 Å². The number of benzene rings is 1. The molecule has 2 aliphatic rings. The Morgan fingerprint density at radius 3 is 2.57 bits per heavy atom. The Labute approximate surface area is 169 Å². The molecule has 0 aliphatic carbocycles. The third-order valence-corrected chi connectivity index (χ3v) is 6.80. The van der Waals surface area contributed by atoms with Gasteiger partial charge in [0.05, 0.1) is 11.6 Å². The molecule has 2 saturated heterocycles. The van der Waals surface area contributed by atoms with Crippen LogP contribution in [0.25, 0.3) is 10.1 Å². The van der Waals surface area contributed by atoms with Gasteiger partial charge in [0.25, 0.3) is 11.8 Å². The van der Waals surface area contributed by atoms with Gasteiger partial charge >= 0.3 is 6.03 Å². The number of nitrogens with one attached hydrogen (secondary N) is 3. The zero-order valence-electron chi connectivity index (χ0n) is 14.7. The number of piperidine rings is 1. The smallest absolute Gasteiger partial charge is 0.322 e. The number of halogens is 1. The molecule has 3 N–H and O–H groups in total. The largest absolute Gasteiger partial charge is 0.342 e. The maximum Gasteiger partial charge on any atom is 0.322 e. The Hall–Kier alpha value is -2.65. The summed E-state index contributed by atoms with van der Waals surface area (Å²) in [6, 6.07) is 6.95. The molecule has 0 bridgehead atoms. The molecule has 5 amide bonds. The number of amides is 5. The average Bonchev–Trinajstić information content (AvgIpc) is 3.16. The van der Waals surface area contributed by atoms with Gasteiger partial charge in [0, 0.05) is 23.2 Å². The molecule has 10 heteroatoms. The van der Waals surface area contributed by atoms with Crippen molar-refractivity contribution in [1.82, 2.24) is 20.9 Å². The number of fused-ring (bicyclic) bond motifs is 1. The highest BCUT2D eigenvalue weighted by Gasteiger charge is 2.48. The molecule has 0 atom stereocenters. The van der Waals surface area contributed by atoms with Crippen LogP contribution < -0.4 is 16.0 Å². The Balaban J connectivity index is 1.34. The topological polar surface area (TPSA) is 108 Å². The summed E-state index contributed by atoms with van der Waals surface area (Å²) < 4.78 is 0.905. The fourth-order valence-electron chi connectivity index (χ4n) is 3.53. The molecule has 28 heavy (non-hydrogen) atoms. The van der Waals surface area contributed by atoms with Gasteiger partial charge in [-0.25, -0.2) is 4.79 Å². The van der Waals surface area contributed by atoms with Crippen LogP contribution in [-0.4, -0.2) is 53.8 Å². The van der Waals surface area contributed by atoms with Crippen LogP contribution in [0.5, 0.6) is 0 Å². The van der Waals surface area contributed by atoms with Gasteiger partial charge in [-0.1, -0.05) is 29.8 Å². The van der Waals surface area contributed by atoms with Crippen molar-refractivity contribution in [3.8, 4) is 0 Å². The van der Waals surface area contributed by atoms with Crippen LogP contribution in [-0.2, 0) is 9.59 Å². The lowest BCUT2D eigenvalue weighted by molar-refractivity contribution is -0.134. The van der Waals surface area contributed by atoms with E-state index in [1.165, 1.54) is 11.3 Å². The second-order valence-corrected chi connectivity index (χ2v) is 8.23. The number of thiophene rings is 1. The highest BCUT2D eigenvalue weighted by Crippen LogP contribution is 2.35. The molecule has 1 aromatic carbocycles. The van der Waals surface area contributed by atoms with Crippen LogP contribution >= 0.6 is 22.9 Å². The van der Waals surface area contributed by atoms with Crippen molar-refractivity contribution in [2.75, 3.05) is 19.6 Å². The van der Waals surface area contributed by atoms with E-state index in [0.717, 1.165) is 10.1 Å². The number of urea groups is 1. The molecule has 2 fully saturated rings. The van der Waals surface area contributed by atoms with Crippen molar-refractivity contribution in [3.63, 3.8) is 0 Å². The first-order valence-electron chi connectivity index (χ1n) is 8.76. The average molecular weight is 421 g/mol. The molecule has 8 nitrogen and oxygen atoms in total. The molecule has 4 rings (SSSR count). The summed E-state index contributed by atoms with van der Waals surface area (Å²) in [5.41, 5.74) is -0.929. The molecule has 0 unspecified atom stereocenters. The van der Waals surface area contributed by atoms with Crippen LogP contribution in [0.1, 0.15) is 22.5 Å². The van der Waals surface area contributed by atoms with E-state index in [1.54, 1.807) is 4.90 Å². The molecule has 2 aliphatic heterocycles. The van der Waals surface area contributed by atoms with Gasteiger partial charge < -0.3 is 15.5 Å². The Morgan fingerprint density at radius 2 is 1.93 bits per heavy atom. The molecule has 0 radical (unpaired) electrons. The predicted molar refractivity (Wildman–Crippen MR) is 104 cm³/mol. The molecular weight excluding hydrogens is 404 g/mol. The van der Waals surface area contributed by atoms with E-state index < -0.39 is 17.5 Å². The SMILES string of the molecule is O=C1NC(=O)C2(CCN(C(=O)CNC(=O)c3sc4ccccc4c3Cl)CC2)N1. The monoisotopic (exact) mass is 420 g/mol. The number of hydrogen-bond donors (Lipinski definition) is 3. The molecule has 0 saturated carbocycles. The lowest BCUT2D eigenvalue weighted by Gasteiger charge is -2.37. The highest BCUT2D eigenvalue weighted by atomic mass is 35.5. The van der Waals surface area contributed by atoms with Gasteiger partial charge in [-0.2, -0.15) is 0 Å². The lowest BCUT2D eigenvalue weighted by atomic mass is 9.88. The van der Waals surface area contributed by atoms with Gasteiger partial charge in [-0.15, -0.1) is 11.3 Å². The Morgan fingerprint density at radius 1 is 1.21 bits per heavy atom. The van der Waals surface area contributed by atoms with Gasteiger partial charge in [0.1, 0.15) is 10.4 Å². The first-order valence-corrected chi connectivity index (χ1v) is 9.96. The first-order chi connectivity index (χ1) is 13.4. The number of imide groups is 1. The van der Waals surface area contributed by atoms with Crippen molar-refractivity contribution < 1.29 is 19.2 Å². The minimum Gasteiger partial charge on any atom is -0.342 e. The summed E-state index contributed by atoms with van der Waals surface area (Å²) in [5.74, 6) is -0.988. The molecule has 1 aromatic heterocycles. The number of carbonyl (C=O) groups excluding carboxylic acids is 4. The van der Waals surface area contributed by atoms with Gasteiger partial charge in [0.2, 0.25) is 5.91 Å². The molecule has 146 valence electrons. The van der Waals surface area contributed by atoms with Crippen LogP contribution in [0.2, 0.25) is 5.02 Å². The fraction of sp³-hybridized carbons (Fsp3) is 0.333. The van der Waals surface area contributed by atoms with Crippen molar-refractivity contribution in [1.29, 1.82) is 0 Å².